The number of benzene rings is 1. The lowest BCUT2D eigenvalue weighted by atomic mass is 10.2. The summed E-state index contributed by atoms with van der Waals surface area (Å²) in [5, 5.41) is 0. The zero-order valence-corrected chi connectivity index (χ0v) is 12.5. The minimum absolute atomic E-state index is 0.204. The van der Waals surface area contributed by atoms with Crippen molar-refractivity contribution in [3.8, 4) is 0 Å². The minimum Gasteiger partial charge on any atom is -0.469 e. The van der Waals surface area contributed by atoms with Crippen molar-refractivity contribution in [2.45, 2.75) is 12.7 Å². The van der Waals surface area contributed by atoms with E-state index in [1.807, 2.05) is 0 Å². The van der Waals surface area contributed by atoms with E-state index in [0.29, 0.717) is 10.0 Å². The normalized spacial score (nSPS) is 14.0. The fraction of sp³-hybridized carbons (Fsp3) is 0.417. The Morgan fingerprint density at radius 1 is 1.56 bits per heavy atom. The molecular formula is C12H14BrFO3S. The van der Waals surface area contributed by atoms with Gasteiger partial charge in [-0.3, -0.25) is 9.00 Å². The molecule has 0 radical (unpaired) electrons. The number of methoxy groups -OCH3 is 1. The van der Waals surface area contributed by atoms with Crippen molar-refractivity contribution in [1.29, 1.82) is 0 Å². The fourth-order valence-corrected chi connectivity index (χ4v) is 3.43. The summed E-state index contributed by atoms with van der Waals surface area (Å²) in [4.78, 5) is 11.2. The third kappa shape index (κ3) is 4.17. The molecule has 1 rings (SSSR count). The Labute approximate surface area is 116 Å². The van der Waals surface area contributed by atoms with Crippen LogP contribution < -0.4 is 0 Å². The molecule has 0 saturated heterocycles. The lowest BCUT2D eigenvalue weighted by Gasteiger charge is -2.09. The molecule has 0 aliphatic rings. The van der Waals surface area contributed by atoms with E-state index in [1.54, 1.807) is 19.1 Å². The summed E-state index contributed by atoms with van der Waals surface area (Å²) >= 11 is 3.12. The van der Waals surface area contributed by atoms with Crippen LogP contribution in [0.25, 0.3) is 0 Å². The highest BCUT2D eigenvalue weighted by molar-refractivity contribution is 9.10. The number of hydrogen-bond donors (Lipinski definition) is 0. The maximum Gasteiger partial charge on any atom is 0.309 e. The largest absolute Gasteiger partial charge is 0.469 e. The average molecular weight is 337 g/mol. The predicted octanol–water partition coefficient (Wildman–Crippen LogP) is 2.65. The Morgan fingerprint density at radius 3 is 2.83 bits per heavy atom. The number of carbonyl (C=O) groups excluding carboxylic acids is 1. The Balaban J connectivity index is 2.65. The Kier molecular flexibility index (Phi) is 5.95. The van der Waals surface area contributed by atoms with Gasteiger partial charge in [0.25, 0.3) is 0 Å². The number of halogens is 2. The molecule has 0 spiro atoms. The second kappa shape index (κ2) is 6.99. The van der Waals surface area contributed by atoms with Crippen molar-refractivity contribution in [2.24, 2.45) is 5.92 Å². The highest BCUT2D eigenvalue weighted by Crippen LogP contribution is 2.22. The third-order valence-corrected chi connectivity index (χ3v) is 4.78. The molecule has 0 bridgehead atoms. The summed E-state index contributed by atoms with van der Waals surface area (Å²) in [6.07, 6.45) is 0. The number of carbonyl (C=O) groups is 1. The molecular weight excluding hydrogens is 323 g/mol. The van der Waals surface area contributed by atoms with E-state index in [1.165, 1.54) is 13.2 Å². The van der Waals surface area contributed by atoms with E-state index >= 15 is 0 Å². The molecule has 0 aliphatic heterocycles. The van der Waals surface area contributed by atoms with Crippen LogP contribution in [0.1, 0.15) is 12.5 Å². The van der Waals surface area contributed by atoms with Crippen molar-refractivity contribution in [1.82, 2.24) is 0 Å². The van der Waals surface area contributed by atoms with Crippen LogP contribution >= 0.6 is 15.9 Å². The maximum atomic E-state index is 13.3. The number of hydrogen-bond acceptors (Lipinski definition) is 3. The van der Waals surface area contributed by atoms with Crippen LogP contribution in [-0.4, -0.2) is 23.0 Å². The van der Waals surface area contributed by atoms with Crippen molar-refractivity contribution in [3.05, 3.63) is 34.1 Å². The van der Waals surface area contributed by atoms with Gasteiger partial charge in [0.15, 0.2) is 0 Å². The Hall–Kier alpha value is -0.750. The SMILES string of the molecule is COC(=O)C(C)CS(=O)Cc1cccc(F)c1Br. The van der Waals surface area contributed by atoms with Crippen molar-refractivity contribution >= 4 is 32.7 Å². The van der Waals surface area contributed by atoms with Crippen LogP contribution in [0.4, 0.5) is 4.39 Å². The van der Waals surface area contributed by atoms with Crippen LogP contribution in [0, 0.1) is 11.7 Å². The van der Waals surface area contributed by atoms with Crippen molar-refractivity contribution in [3.63, 3.8) is 0 Å². The van der Waals surface area contributed by atoms with Crippen LogP contribution in [0.2, 0.25) is 0 Å². The van der Waals surface area contributed by atoms with Crippen molar-refractivity contribution in [2.75, 3.05) is 12.9 Å². The quantitative estimate of drug-likeness (QED) is 0.776. The Morgan fingerprint density at radius 2 is 2.22 bits per heavy atom. The van der Waals surface area contributed by atoms with Gasteiger partial charge >= 0.3 is 5.97 Å². The van der Waals surface area contributed by atoms with Gasteiger partial charge in [-0.05, 0) is 27.6 Å². The number of ether oxygens (including phenoxy) is 1. The van der Waals surface area contributed by atoms with Gasteiger partial charge in [-0.15, -0.1) is 0 Å². The lowest BCUT2D eigenvalue weighted by Crippen LogP contribution is -2.20. The van der Waals surface area contributed by atoms with Gasteiger partial charge < -0.3 is 4.74 Å². The molecule has 0 heterocycles. The van der Waals surface area contributed by atoms with Crippen LogP contribution in [0.5, 0.6) is 0 Å². The lowest BCUT2D eigenvalue weighted by molar-refractivity contribution is -0.144. The van der Waals surface area contributed by atoms with Gasteiger partial charge in [0.05, 0.1) is 17.5 Å². The standard InChI is InChI=1S/C12H14BrFO3S/c1-8(12(15)17-2)6-18(16)7-9-4-3-5-10(14)11(9)13/h3-5,8H,6-7H2,1-2H3. The molecule has 18 heavy (non-hydrogen) atoms. The first kappa shape index (κ1) is 15.3. The topological polar surface area (TPSA) is 43.4 Å². The van der Waals surface area contributed by atoms with Crippen LogP contribution in [-0.2, 0) is 26.1 Å². The zero-order chi connectivity index (χ0) is 13.7. The Bertz CT molecular complexity index is 465. The molecule has 0 amide bonds. The molecule has 0 saturated carbocycles. The molecule has 0 fully saturated rings. The van der Waals surface area contributed by atoms with E-state index in [9.17, 15) is 13.4 Å². The molecule has 0 N–H and O–H groups in total. The van der Waals surface area contributed by atoms with Gasteiger partial charge in [0.1, 0.15) is 5.82 Å². The monoisotopic (exact) mass is 336 g/mol. The molecule has 2 atom stereocenters. The van der Waals surface area contributed by atoms with Crippen LogP contribution in [0.3, 0.4) is 0 Å². The molecule has 6 heteroatoms. The number of esters is 1. The van der Waals surface area contributed by atoms with E-state index < -0.39 is 16.7 Å². The minimum atomic E-state index is -1.24. The molecule has 2 unspecified atom stereocenters. The molecule has 100 valence electrons. The summed E-state index contributed by atoms with van der Waals surface area (Å²) in [6.45, 7) is 1.66. The second-order valence-electron chi connectivity index (χ2n) is 3.89. The van der Waals surface area contributed by atoms with E-state index in [-0.39, 0.29) is 23.3 Å². The fourth-order valence-electron chi connectivity index (χ4n) is 1.44. The second-order valence-corrected chi connectivity index (χ2v) is 6.18. The summed E-state index contributed by atoms with van der Waals surface area (Å²) in [7, 11) is 0.0572. The third-order valence-electron chi connectivity index (χ3n) is 2.39. The molecule has 3 nitrogen and oxygen atoms in total. The predicted molar refractivity (Wildman–Crippen MR) is 72.0 cm³/mol. The van der Waals surface area contributed by atoms with Gasteiger partial charge in [0.2, 0.25) is 0 Å². The van der Waals surface area contributed by atoms with Gasteiger partial charge in [-0.25, -0.2) is 4.39 Å². The van der Waals surface area contributed by atoms with Crippen LogP contribution in [0.15, 0.2) is 22.7 Å². The summed E-state index contributed by atoms with van der Waals surface area (Å²) < 4.78 is 30.0. The van der Waals surface area contributed by atoms with Gasteiger partial charge in [0, 0.05) is 22.3 Å². The maximum absolute atomic E-state index is 13.3. The summed E-state index contributed by atoms with van der Waals surface area (Å²) in [6, 6.07) is 4.60. The van der Waals surface area contributed by atoms with E-state index in [0.717, 1.165) is 0 Å². The number of rotatable bonds is 5. The van der Waals surface area contributed by atoms with Crippen molar-refractivity contribution < 1.29 is 18.1 Å². The first-order valence-corrected chi connectivity index (χ1v) is 7.59. The summed E-state index contributed by atoms with van der Waals surface area (Å²) in [5.74, 6) is -0.787. The first-order valence-electron chi connectivity index (χ1n) is 5.31. The highest BCUT2D eigenvalue weighted by atomic mass is 79.9. The van der Waals surface area contributed by atoms with Gasteiger partial charge in [-0.1, -0.05) is 19.1 Å². The average Bonchev–Trinajstić information content (AvgIpc) is 2.33. The molecule has 0 aliphatic carbocycles. The van der Waals surface area contributed by atoms with E-state index in [4.69, 9.17) is 0 Å². The van der Waals surface area contributed by atoms with Gasteiger partial charge in [-0.2, -0.15) is 0 Å². The summed E-state index contributed by atoms with van der Waals surface area (Å²) in [5.41, 5.74) is 0.630. The highest BCUT2D eigenvalue weighted by Gasteiger charge is 2.17. The molecule has 1 aromatic rings. The molecule has 1 aromatic carbocycles. The molecule has 0 aromatic heterocycles. The first-order chi connectivity index (χ1) is 8.45. The smallest absolute Gasteiger partial charge is 0.309 e. The van der Waals surface area contributed by atoms with E-state index in [2.05, 4.69) is 20.7 Å². The zero-order valence-electron chi connectivity index (χ0n) is 10.1.